The third kappa shape index (κ3) is 18.6. The van der Waals surface area contributed by atoms with Gasteiger partial charge in [-0.3, -0.25) is 29.3 Å². The summed E-state index contributed by atoms with van der Waals surface area (Å²) in [4.78, 5) is 95.2. The van der Waals surface area contributed by atoms with E-state index in [2.05, 4.69) is 64.1 Å². The van der Waals surface area contributed by atoms with Crippen LogP contribution in [0.25, 0.3) is 51.6 Å². The van der Waals surface area contributed by atoms with Gasteiger partial charge in [-0.25, -0.2) is 27.6 Å². The molecule has 18 nitrogen and oxygen atoms in total. The van der Waals surface area contributed by atoms with Gasteiger partial charge in [0.15, 0.2) is 0 Å². The zero-order chi connectivity index (χ0) is 75.2. The number of aromatic amines is 3. The van der Waals surface area contributed by atoms with Gasteiger partial charge in [0.05, 0.1) is 36.9 Å². The van der Waals surface area contributed by atoms with E-state index in [1.54, 1.807) is 75.9 Å². The van der Waals surface area contributed by atoms with Gasteiger partial charge in [-0.05, 0) is 257 Å². The fourth-order valence-electron chi connectivity index (χ4n) is 17.4. The van der Waals surface area contributed by atoms with Gasteiger partial charge >= 0.3 is 18.3 Å². The summed E-state index contributed by atoms with van der Waals surface area (Å²) < 4.78 is 56.0. The number of aromatic nitrogens is 6. The van der Waals surface area contributed by atoms with Crippen LogP contribution in [-0.4, -0.2) is 86.1 Å². The minimum Gasteiger partial charge on any atom is -0.450 e. The zero-order valence-electron chi connectivity index (χ0n) is 60.7. The van der Waals surface area contributed by atoms with E-state index in [4.69, 9.17) is 14.2 Å². The van der Waals surface area contributed by atoms with Crippen molar-refractivity contribution in [3.05, 3.63) is 282 Å². The summed E-state index contributed by atoms with van der Waals surface area (Å²) in [6, 6.07) is 36.7. The Morgan fingerprint density at radius 2 is 0.833 bits per heavy atom. The fraction of sp³-hybridized carbons (Fsp3) is 0.345. The molecule has 3 fully saturated rings. The maximum atomic E-state index is 13.6. The van der Waals surface area contributed by atoms with Gasteiger partial charge in [-0.15, -0.1) is 0 Å². The van der Waals surface area contributed by atoms with Gasteiger partial charge in [-0.2, -0.15) is 0 Å². The number of benzene rings is 3. The SMILES string of the molecule is CCOC(=O)N[C@@H]1CC[C@@H]2[C@H](Cc3c[nH]c(=O)cc3[C@H]2/C=C/c2ccc(-c3cccc(F)c3)cn2)C1.CCOC(=O)N[C@@H]1CC[C@@H]2[C@H](Cc3cc(=O)[nH]cc3[C@H]2/C=C/c2ccc(-c3cccc(F)c3)cn2)C1.CCOC(=O)N[C@@H]1CC[C@@H]2[C@H](Cc3cc[nH]c(=O)c3[C@H]2/C=C/c2ccc(-c3cccc(F)c3)cn2)C1. The molecule has 9 aromatic rings. The largest absolute Gasteiger partial charge is 0.450 e. The molecule has 558 valence electrons. The lowest BCUT2D eigenvalue weighted by molar-refractivity contribution is 0.128. The molecule has 6 N–H and O–H groups in total. The molecule has 0 radical (unpaired) electrons. The van der Waals surface area contributed by atoms with Crippen molar-refractivity contribution in [2.75, 3.05) is 19.8 Å². The number of alkyl carbamates (subject to hydrolysis) is 3. The molecular weight excluding hydrogens is 1370 g/mol. The van der Waals surface area contributed by atoms with Gasteiger partial charge < -0.3 is 45.1 Å². The molecule has 15 rings (SSSR count). The molecule has 0 saturated heterocycles. The normalized spacial score (nSPS) is 23.1. The third-order valence-corrected chi connectivity index (χ3v) is 22.2. The Balaban J connectivity index is 0.000000143. The molecule has 3 aromatic carbocycles. The quantitative estimate of drug-likeness (QED) is 0.0524. The number of amides is 3. The van der Waals surface area contributed by atoms with Gasteiger partial charge in [0.25, 0.3) is 5.56 Å². The highest BCUT2D eigenvalue weighted by Gasteiger charge is 2.44. The first-order valence-electron chi connectivity index (χ1n) is 37.7. The molecule has 3 amide bonds. The Morgan fingerprint density at radius 3 is 1.26 bits per heavy atom. The third-order valence-electron chi connectivity index (χ3n) is 22.2. The molecular formula is C87H90F3N9O9. The summed E-state index contributed by atoms with van der Waals surface area (Å²) >= 11 is 0. The molecule has 0 spiro atoms. The molecule has 12 atom stereocenters. The van der Waals surface area contributed by atoms with Gasteiger partial charge in [-0.1, -0.05) is 72.8 Å². The number of H-pyrrole nitrogens is 3. The number of carbonyl (C=O) groups excluding carboxylic acids is 3. The smallest absolute Gasteiger partial charge is 0.407 e. The minimum atomic E-state index is -0.363. The van der Waals surface area contributed by atoms with Gasteiger partial charge in [0, 0.05) is 107 Å². The van der Waals surface area contributed by atoms with E-state index in [9.17, 15) is 41.9 Å². The van der Waals surface area contributed by atoms with Crippen LogP contribution in [0.3, 0.4) is 0 Å². The summed E-state index contributed by atoms with van der Waals surface area (Å²) in [5, 5.41) is 9.02. The topological polar surface area (TPSA) is 252 Å². The summed E-state index contributed by atoms with van der Waals surface area (Å²) in [5.74, 6) is 1.58. The number of hydrogen-bond acceptors (Lipinski definition) is 12. The summed E-state index contributed by atoms with van der Waals surface area (Å²) in [5.41, 5.74) is 13.4. The van der Waals surface area contributed by atoms with Crippen LogP contribution in [0.15, 0.2) is 197 Å². The van der Waals surface area contributed by atoms with Crippen molar-refractivity contribution in [2.45, 2.75) is 134 Å². The summed E-state index contributed by atoms with van der Waals surface area (Å²) in [6.07, 6.45) is 32.7. The first-order valence-corrected chi connectivity index (χ1v) is 37.7. The van der Waals surface area contributed by atoms with E-state index in [1.807, 2.05) is 91.3 Å². The Bertz CT molecular complexity index is 4900. The van der Waals surface area contributed by atoms with Crippen molar-refractivity contribution in [1.29, 1.82) is 0 Å². The van der Waals surface area contributed by atoms with E-state index in [0.29, 0.717) is 55.3 Å². The van der Waals surface area contributed by atoms with Crippen LogP contribution >= 0.6 is 0 Å². The Kier molecular flexibility index (Phi) is 24.3. The second-order valence-electron chi connectivity index (χ2n) is 28.9. The highest BCUT2D eigenvalue weighted by Crippen LogP contribution is 2.50. The van der Waals surface area contributed by atoms with Crippen LogP contribution in [0.4, 0.5) is 27.6 Å². The van der Waals surface area contributed by atoms with Crippen molar-refractivity contribution >= 4 is 36.5 Å². The lowest BCUT2D eigenvalue weighted by Crippen LogP contribution is -2.45. The number of nitrogens with zero attached hydrogens (tertiary/aromatic N) is 3. The van der Waals surface area contributed by atoms with Crippen LogP contribution in [0, 0.1) is 53.0 Å². The number of nitrogens with one attached hydrogen (secondary N) is 6. The number of pyridine rings is 6. The lowest BCUT2D eigenvalue weighted by Gasteiger charge is -2.44. The van der Waals surface area contributed by atoms with E-state index < -0.39 is 0 Å². The van der Waals surface area contributed by atoms with Crippen molar-refractivity contribution in [2.24, 2.45) is 35.5 Å². The second kappa shape index (κ2) is 35.0. The molecule has 6 aromatic heterocycles. The minimum absolute atomic E-state index is 0.0306. The highest BCUT2D eigenvalue weighted by molar-refractivity contribution is 5.70. The van der Waals surface area contributed by atoms with Crippen LogP contribution < -0.4 is 32.6 Å². The summed E-state index contributed by atoms with van der Waals surface area (Å²) in [7, 11) is 0. The fourth-order valence-corrected chi connectivity index (χ4v) is 17.4. The summed E-state index contributed by atoms with van der Waals surface area (Å²) in [6.45, 7) is 6.46. The molecule has 6 heterocycles. The molecule has 3 saturated carbocycles. The van der Waals surface area contributed by atoms with Crippen LogP contribution in [-0.2, 0) is 33.5 Å². The van der Waals surface area contributed by atoms with E-state index in [0.717, 1.165) is 161 Å². The molecule has 6 aliphatic rings. The Hall–Kier alpha value is -11.2. The maximum Gasteiger partial charge on any atom is 0.407 e. The first-order chi connectivity index (χ1) is 52.5. The molecule has 0 bridgehead atoms. The average molecular weight is 1460 g/mol. The van der Waals surface area contributed by atoms with Crippen molar-refractivity contribution in [3.63, 3.8) is 0 Å². The van der Waals surface area contributed by atoms with Crippen LogP contribution in [0.2, 0.25) is 0 Å². The number of carbonyl (C=O) groups is 3. The van der Waals surface area contributed by atoms with Gasteiger partial charge in [0.2, 0.25) is 11.1 Å². The van der Waals surface area contributed by atoms with E-state index in [1.165, 1.54) is 36.4 Å². The molecule has 21 heteroatoms. The lowest BCUT2D eigenvalue weighted by atomic mass is 9.62. The van der Waals surface area contributed by atoms with Crippen molar-refractivity contribution in [3.8, 4) is 33.4 Å². The van der Waals surface area contributed by atoms with E-state index in [-0.39, 0.29) is 88.3 Å². The van der Waals surface area contributed by atoms with Crippen molar-refractivity contribution < 1.29 is 41.8 Å². The van der Waals surface area contributed by atoms with Crippen LogP contribution in [0.5, 0.6) is 0 Å². The molecule has 6 aliphatic carbocycles. The number of hydrogen-bond donors (Lipinski definition) is 6. The number of ether oxygens (including phenoxy) is 3. The first kappa shape index (κ1) is 75.0. The predicted octanol–water partition coefficient (Wildman–Crippen LogP) is 16.4. The van der Waals surface area contributed by atoms with Crippen molar-refractivity contribution in [1.82, 2.24) is 45.9 Å². The monoisotopic (exact) mass is 1460 g/mol. The standard InChI is InChI=1S/3C29H30FN3O3/c1-2-36-29(35)33-24-9-10-25-20(14-24)12-21-17-32-28(34)15-27(21)26(25)11-8-23-7-6-19(16-31-23)18-4-3-5-22(30)13-18;1-2-36-29(35)33-24-9-10-25-20(14-24)12-21-15-28(34)32-17-27(21)26(25)11-8-23-7-6-19(16-31-23)18-4-3-5-22(30)13-18;1-2-36-29(35)33-24-9-10-25-21(16-24)14-19-12-13-31-28(34)27(19)26(25)11-8-23-7-6-20(17-32-23)18-4-3-5-22(30)15-18/h2*3-8,11,13,15-17,20,24-26H,2,9-10,12,14H2,1H3,(H,32,34)(H,33,35);3-8,11-13,15,17,21,24-26H,2,9-10,14,16H2,1H3,(H,31,34)(H,33,35)/b3*11-8+/t2*20-,24-,25-,26+;21-,24-,25-,26+/m111/s1. The predicted molar refractivity (Wildman–Crippen MR) is 411 cm³/mol. The maximum absolute atomic E-state index is 13.6. The molecule has 108 heavy (non-hydrogen) atoms. The van der Waals surface area contributed by atoms with Gasteiger partial charge in [0.1, 0.15) is 17.5 Å². The molecule has 0 aliphatic heterocycles. The Labute approximate surface area is 625 Å². The number of rotatable bonds is 15. The number of allylic oxidation sites excluding steroid dienone is 3. The Morgan fingerprint density at radius 1 is 0.435 bits per heavy atom. The van der Waals surface area contributed by atoms with Crippen LogP contribution in [0.1, 0.15) is 147 Å². The second-order valence-corrected chi connectivity index (χ2v) is 28.9. The average Bonchev–Trinajstić information content (AvgIpc) is 0.774. The number of fused-ring (bicyclic) bond motifs is 6. The zero-order valence-corrected chi connectivity index (χ0v) is 60.7. The number of halogens is 3. The molecule has 0 unspecified atom stereocenters. The highest BCUT2D eigenvalue weighted by atomic mass is 19.1. The van der Waals surface area contributed by atoms with E-state index >= 15 is 0 Å².